The molecule has 0 bridgehead atoms. The summed E-state index contributed by atoms with van der Waals surface area (Å²) < 4.78 is 37.4. The second-order valence-electron chi connectivity index (χ2n) is 4.49. The Kier molecular flexibility index (Phi) is 6.19. The zero-order chi connectivity index (χ0) is 15.9. The highest BCUT2D eigenvalue weighted by Gasteiger charge is 2.32. The van der Waals surface area contributed by atoms with E-state index < -0.39 is 11.9 Å². The lowest BCUT2D eigenvalue weighted by molar-refractivity contribution is -0.141. The first-order valence-electron chi connectivity index (χ1n) is 6.44. The number of nitrogens with zero attached hydrogens (tertiary/aromatic N) is 3. The third-order valence-corrected chi connectivity index (χ3v) is 2.30. The maximum absolute atomic E-state index is 12.5. The van der Waals surface area contributed by atoms with E-state index in [9.17, 15) is 13.2 Å². The van der Waals surface area contributed by atoms with Gasteiger partial charge in [0.05, 0.1) is 0 Å². The predicted molar refractivity (Wildman–Crippen MR) is 75.2 cm³/mol. The van der Waals surface area contributed by atoms with Crippen molar-refractivity contribution in [1.29, 1.82) is 0 Å². The zero-order valence-corrected chi connectivity index (χ0v) is 12.1. The fraction of sp³-hybridized carbons (Fsp3) is 0.583. The highest BCUT2D eigenvalue weighted by Crippen LogP contribution is 2.27. The molecule has 0 aliphatic heterocycles. The molecule has 1 rings (SSSR count). The number of alkyl halides is 3. The SMILES string of the molecule is CN=C(NCCNc1nccc(C(F)(F)F)n1)NC(C)C. The van der Waals surface area contributed by atoms with Gasteiger partial charge in [0.25, 0.3) is 0 Å². The lowest BCUT2D eigenvalue weighted by atomic mass is 10.4. The van der Waals surface area contributed by atoms with Crippen LogP contribution >= 0.6 is 0 Å². The van der Waals surface area contributed by atoms with E-state index in [1.54, 1.807) is 7.05 Å². The molecule has 3 N–H and O–H groups in total. The van der Waals surface area contributed by atoms with Crippen molar-refractivity contribution in [2.24, 2.45) is 4.99 Å². The van der Waals surface area contributed by atoms with E-state index in [-0.39, 0.29) is 12.0 Å². The molecule has 118 valence electrons. The molecule has 1 aromatic heterocycles. The number of hydrogen-bond acceptors (Lipinski definition) is 4. The van der Waals surface area contributed by atoms with Crippen molar-refractivity contribution >= 4 is 11.9 Å². The molecule has 1 aromatic rings. The lowest BCUT2D eigenvalue weighted by Gasteiger charge is -2.14. The quantitative estimate of drug-likeness (QED) is 0.436. The molecule has 1 heterocycles. The van der Waals surface area contributed by atoms with Crippen LogP contribution in [0.3, 0.4) is 0 Å². The Hall–Kier alpha value is -2.06. The Bertz CT molecular complexity index is 472. The van der Waals surface area contributed by atoms with Crippen LogP contribution in [0.5, 0.6) is 0 Å². The third-order valence-electron chi connectivity index (χ3n) is 2.30. The first kappa shape index (κ1) is 17.0. The third kappa shape index (κ3) is 6.28. The van der Waals surface area contributed by atoms with Crippen LogP contribution in [0.1, 0.15) is 19.5 Å². The standard InChI is InChI=1S/C12H19F3N6/c1-8(2)20-10(16-3)18-6-7-19-11-17-5-4-9(21-11)12(13,14)15/h4-5,8H,6-7H2,1-3H3,(H2,16,18,20)(H,17,19,21). The molecule has 0 amide bonds. The van der Waals surface area contributed by atoms with Crippen molar-refractivity contribution in [1.82, 2.24) is 20.6 Å². The summed E-state index contributed by atoms with van der Waals surface area (Å²) in [6.07, 6.45) is -3.40. The van der Waals surface area contributed by atoms with Crippen molar-refractivity contribution in [2.45, 2.75) is 26.1 Å². The molecule has 0 aliphatic carbocycles. The summed E-state index contributed by atoms with van der Waals surface area (Å²) in [5.41, 5.74) is -0.967. The van der Waals surface area contributed by atoms with E-state index in [1.807, 2.05) is 13.8 Å². The monoisotopic (exact) mass is 304 g/mol. The van der Waals surface area contributed by atoms with Crippen LogP contribution < -0.4 is 16.0 Å². The molecule has 0 aromatic carbocycles. The van der Waals surface area contributed by atoms with Crippen LogP contribution in [-0.2, 0) is 6.18 Å². The molecular formula is C12H19F3N6. The van der Waals surface area contributed by atoms with Gasteiger partial charge in [-0.1, -0.05) is 0 Å². The summed E-state index contributed by atoms with van der Waals surface area (Å²) in [7, 11) is 1.64. The largest absolute Gasteiger partial charge is 0.433 e. The fourth-order valence-electron chi connectivity index (χ4n) is 1.43. The number of halogens is 3. The summed E-state index contributed by atoms with van der Waals surface area (Å²) in [4.78, 5) is 11.2. The van der Waals surface area contributed by atoms with E-state index in [0.29, 0.717) is 19.0 Å². The summed E-state index contributed by atoms with van der Waals surface area (Å²) in [6.45, 7) is 4.77. The maximum Gasteiger partial charge on any atom is 0.433 e. The number of hydrogen-bond donors (Lipinski definition) is 3. The molecule has 6 nitrogen and oxygen atoms in total. The average Bonchev–Trinajstić information content (AvgIpc) is 2.41. The number of aromatic nitrogens is 2. The van der Waals surface area contributed by atoms with Crippen LogP contribution in [0.15, 0.2) is 17.3 Å². The van der Waals surface area contributed by atoms with Crippen molar-refractivity contribution < 1.29 is 13.2 Å². The molecule has 0 saturated carbocycles. The smallest absolute Gasteiger partial charge is 0.355 e. The minimum Gasteiger partial charge on any atom is -0.355 e. The van der Waals surface area contributed by atoms with Gasteiger partial charge in [0.2, 0.25) is 5.95 Å². The first-order valence-corrected chi connectivity index (χ1v) is 6.44. The molecule has 0 aliphatic rings. The molecule has 0 fully saturated rings. The van der Waals surface area contributed by atoms with Crippen molar-refractivity contribution in [3.8, 4) is 0 Å². The van der Waals surface area contributed by atoms with Crippen LogP contribution in [0.25, 0.3) is 0 Å². The molecule has 0 spiro atoms. The van der Waals surface area contributed by atoms with Crippen molar-refractivity contribution in [2.75, 3.05) is 25.5 Å². The minimum atomic E-state index is -4.47. The van der Waals surface area contributed by atoms with E-state index in [0.717, 1.165) is 12.3 Å². The second-order valence-corrected chi connectivity index (χ2v) is 4.49. The maximum atomic E-state index is 12.5. The summed E-state index contributed by atoms with van der Waals surface area (Å²) in [5.74, 6) is 0.565. The Morgan fingerprint density at radius 3 is 2.62 bits per heavy atom. The molecule has 9 heteroatoms. The lowest BCUT2D eigenvalue weighted by Crippen LogP contribution is -2.42. The highest BCUT2D eigenvalue weighted by atomic mass is 19.4. The normalized spacial score (nSPS) is 12.4. The Labute approximate surface area is 121 Å². The van der Waals surface area contributed by atoms with E-state index in [1.165, 1.54) is 0 Å². The van der Waals surface area contributed by atoms with Crippen LogP contribution in [0.2, 0.25) is 0 Å². The van der Waals surface area contributed by atoms with Gasteiger partial charge in [-0.15, -0.1) is 0 Å². The van der Waals surface area contributed by atoms with Gasteiger partial charge in [-0.25, -0.2) is 9.97 Å². The van der Waals surface area contributed by atoms with Crippen LogP contribution in [-0.4, -0.2) is 42.1 Å². The average molecular weight is 304 g/mol. The van der Waals surface area contributed by atoms with Crippen molar-refractivity contribution in [3.05, 3.63) is 18.0 Å². The number of rotatable bonds is 5. The number of nitrogens with one attached hydrogen (secondary N) is 3. The van der Waals surface area contributed by atoms with E-state index in [2.05, 4.69) is 30.9 Å². The molecule has 21 heavy (non-hydrogen) atoms. The molecule has 0 saturated heterocycles. The molecular weight excluding hydrogens is 285 g/mol. The summed E-state index contributed by atoms with van der Waals surface area (Å²) >= 11 is 0. The van der Waals surface area contributed by atoms with Crippen LogP contribution in [0.4, 0.5) is 19.1 Å². The van der Waals surface area contributed by atoms with E-state index >= 15 is 0 Å². The topological polar surface area (TPSA) is 74.2 Å². The summed E-state index contributed by atoms with van der Waals surface area (Å²) in [5, 5.41) is 8.83. The van der Waals surface area contributed by atoms with Gasteiger partial charge in [0.15, 0.2) is 5.96 Å². The molecule has 0 unspecified atom stereocenters. The highest BCUT2D eigenvalue weighted by molar-refractivity contribution is 5.79. The second kappa shape index (κ2) is 7.65. The Balaban J connectivity index is 2.43. The van der Waals surface area contributed by atoms with Gasteiger partial charge in [-0.05, 0) is 19.9 Å². The van der Waals surface area contributed by atoms with Gasteiger partial charge < -0.3 is 16.0 Å². The number of anilines is 1. The first-order chi connectivity index (χ1) is 9.82. The minimum absolute atomic E-state index is 0.0570. The van der Waals surface area contributed by atoms with Gasteiger partial charge in [-0.2, -0.15) is 13.2 Å². The van der Waals surface area contributed by atoms with Gasteiger partial charge in [0.1, 0.15) is 5.69 Å². The van der Waals surface area contributed by atoms with Gasteiger partial charge >= 0.3 is 6.18 Å². The van der Waals surface area contributed by atoms with Gasteiger partial charge in [-0.3, -0.25) is 4.99 Å². The van der Waals surface area contributed by atoms with Crippen LogP contribution in [0, 0.1) is 0 Å². The summed E-state index contributed by atoms with van der Waals surface area (Å²) in [6, 6.07) is 1.06. The van der Waals surface area contributed by atoms with Gasteiger partial charge in [0, 0.05) is 32.4 Å². The fourth-order valence-corrected chi connectivity index (χ4v) is 1.43. The zero-order valence-electron chi connectivity index (χ0n) is 12.1. The number of guanidine groups is 1. The Morgan fingerprint density at radius 2 is 2.05 bits per heavy atom. The molecule has 0 radical (unpaired) electrons. The number of aliphatic imine (C=N–C) groups is 1. The molecule has 0 atom stereocenters. The van der Waals surface area contributed by atoms with Crippen molar-refractivity contribution in [3.63, 3.8) is 0 Å². The Morgan fingerprint density at radius 1 is 1.33 bits per heavy atom. The van der Waals surface area contributed by atoms with E-state index in [4.69, 9.17) is 0 Å². The predicted octanol–water partition coefficient (Wildman–Crippen LogP) is 1.48.